The second-order valence-corrected chi connectivity index (χ2v) is 3.88. The third kappa shape index (κ3) is 3.59. The molecule has 1 rings (SSSR count). The van der Waals surface area contributed by atoms with Gasteiger partial charge < -0.3 is 5.32 Å². The molecular formula is C12H17F2N. The van der Waals surface area contributed by atoms with E-state index in [-0.39, 0.29) is 12.6 Å². The Hall–Kier alpha value is -0.960. The Morgan fingerprint density at radius 2 is 1.93 bits per heavy atom. The molecular weight excluding hydrogens is 196 g/mol. The minimum atomic E-state index is -2.29. The first kappa shape index (κ1) is 12.1. The lowest BCUT2D eigenvalue weighted by molar-refractivity contribution is 0.142. The van der Waals surface area contributed by atoms with Crippen molar-refractivity contribution in [3.05, 3.63) is 34.9 Å². The van der Waals surface area contributed by atoms with Gasteiger partial charge in [0, 0.05) is 6.04 Å². The molecule has 1 atom stereocenters. The molecule has 1 aromatic rings. The molecule has 0 spiro atoms. The van der Waals surface area contributed by atoms with Crippen molar-refractivity contribution >= 4 is 0 Å². The SMILES string of the molecule is Cc1ccc(C)c(C(C)NCC(F)F)c1. The van der Waals surface area contributed by atoms with Gasteiger partial charge in [-0.15, -0.1) is 0 Å². The second-order valence-electron chi connectivity index (χ2n) is 3.88. The first-order chi connectivity index (χ1) is 7.00. The fourth-order valence-electron chi connectivity index (χ4n) is 1.60. The fraction of sp³-hybridized carbons (Fsp3) is 0.500. The zero-order valence-electron chi connectivity index (χ0n) is 9.35. The van der Waals surface area contributed by atoms with Crippen LogP contribution >= 0.6 is 0 Å². The van der Waals surface area contributed by atoms with E-state index < -0.39 is 6.43 Å². The van der Waals surface area contributed by atoms with Crippen molar-refractivity contribution in [1.82, 2.24) is 5.32 Å². The van der Waals surface area contributed by atoms with Crippen molar-refractivity contribution in [2.75, 3.05) is 6.54 Å². The van der Waals surface area contributed by atoms with Crippen LogP contribution < -0.4 is 5.32 Å². The van der Waals surface area contributed by atoms with Gasteiger partial charge in [0.1, 0.15) is 0 Å². The minimum Gasteiger partial charge on any atom is -0.305 e. The first-order valence-corrected chi connectivity index (χ1v) is 5.09. The van der Waals surface area contributed by atoms with Crippen LogP contribution in [0.3, 0.4) is 0 Å². The summed E-state index contributed by atoms with van der Waals surface area (Å²) in [7, 11) is 0. The van der Waals surface area contributed by atoms with Gasteiger partial charge in [0.05, 0.1) is 6.54 Å². The molecule has 0 aliphatic heterocycles. The number of benzene rings is 1. The van der Waals surface area contributed by atoms with Gasteiger partial charge in [0.25, 0.3) is 6.43 Å². The molecule has 0 radical (unpaired) electrons. The third-order valence-electron chi connectivity index (χ3n) is 2.48. The van der Waals surface area contributed by atoms with E-state index in [1.807, 2.05) is 39.0 Å². The predicted octanol–water partition coefficient (Wildman–Crippen LogP) is 3.22. The first-order valence-electron chi connectivity index (χ1n) is 5.09. The quantitative estimate of drug-likeness (QED) is 0.809. The monoisotopic (exact) mass is 213 g/mol. The van der Waals surface area contributed by atoms with E-state index in [2.05, 4.69) is 5.32 Å². The molecule has 84 valence electrons. The van der Waals surface area contributed by atoms with E-state index in [9.17, 15) is 8.78 Å². The number of nitrogens with one attached hydrogen (secondary N) is 1. The topological polar surface area (TPSA) is 12.0 Å². The van der Waals surface area contributed by atoms with Crippen molar-refractivity contribution in [2.24, 2.45) is 0 Å². The molecule has 0 heterocycles. The maximum atomic E-state index is 12.0. The van der Waals surface area contributed by atoms with Crippen molar-refractivity contribution in [2.45, 2.75) is 33.2 Å². The highest BCUT2D eigenvalue weighted by atomic mass is 19.3. The highest BCUT2D eigenvalue weighted by Gasteiger charge is 2.10. The van der Waals surface area contributed by atoms with Crippen LogP contribution in [-0.4, -0.2) is 13.0 Å². The molecule has 1 unspecified atom stereocenters. The van der Waals surface area contributed by atoms with Gasteiger partial charge in [-0.25, -0.2) is 8.78 Å². The molecule has 0 amide bonds. The van der Waals surface area contributed by atoms with Gasteiger partial charge in [-0.2, -0.15) is 0 Å². The molecule has 15 heavy (non-hydrogen) atoms. The zero-order chi connectivity index (χ0) is 11.4. The van der Waals surface area contributed by atoms with Crippen LogP contribution in [-0.2, 0) is 0 Å². The smallest absolute Gasteiger partial charge is 0.250 e. The van der Waals surface area contributed by atoms with Crippen LogP contribution in [0.25, 0.3) is 0 Å². The van der Waals surface area contributed by atoms with Crippen molar-refractivity contribution in [1.29, 1.82) is 0 Å². The second kappa shape index (κ2) is 5.21. The molecule has 1 nitrogen and oxygen atoms in total. The fourth-order valence-corrected chi connectivity index (χ4v) is 1.60. The third-order valence-corrected chi connectivity index (χ3v) is 2.48. The molecule has 0 bridgehead atoms. The Balaban J connectivity index is 2.72. The lowest BCUT2D eigenvalue weighted by Gasteiger charge is -2.17. The average molecular weight is 213 g/mol. The summed E-state index contributed by atoms with van der Waals surface area (Å²) in [6, 6.07) is 6.06. The van der Waals surface area contributed by atoms with Gasteiger partial charge in [0.2, 0.25) is 0 Å². The van der Waals surface area contributed by atoms with E-state index in [4.69, 9.17) is 0 Å². The average Bonchev–Trinajstić information content (AvgIpc) is 2.18. The van der Waals surface area contributed by atoms with Gasteiger partial charge in [-0.1, -0.05) is 23.8 Å². The van der Waals surface area contributed by atoms with Crippen LogP contribution in [0, 0.1) is 13.8 Å². The van der Waals surface area contributed by atoms with Gasteiger partial charge >= 0.3 is 0 Å². The summed E-state index contributed by atoms with van der Waals surface area (Å²) in [5.41, 5.74) is 3.38. The van der Waals surface area contributed by atoms with Crippen LogP contribution in [0.5, 0.6) is 0 Å². The van der Waals surface area contributed by atoms with E-state index in [1.54, 1.807) is 0 Å². The molecule has 3 heteroatoms. The van der Waals surface area contributed by atoms with Crippen molar-refractivity contribution in [3.63, 3.8) is 0 Å². The summed E-state index contributed by atoms with van der Waals surface area (Å²) in [6.45, 7) is 5.65. The molecule has 0 aliphatic rings. The lowest BCUT2D eigenvalue weighted by atomic mass is 10.00. The van der Waals surface area contributed by atoms with E-state index >= 15 is 0 Å². The number of hydrogen-bond acceptors (Lipinski definition) is 1. The summed E-state index contributed by atoms with van der Waals surface area (Å²) >= 11 is 0. The Labute approximate surface area is 89.5 Å². The number of halogens is 2. The Morgan fingerprint density at radius 1 is 1.27 bits per heavy atom. The molecule has 0 fully saturated rings. The largest absolute Gasteiger partial charge is 0.305 e. The number of rotatable bonds is 4. The molecule has 0 aliphatic carbocycles. The van der Waals surface area contributed by atoms with Crippen molar-refractivity contribution in [3.8, 4) is 0 Å². The van der Waals surface area contributed by atoms with Crippen LogP contribution in [0.2, 0.25) is 0 Å². The molecule has 0 saturated heterocycles. The molecule has 0 aromatic heterocycles. The van der Waals surface area contributed by atoms with Gasteiger partial charge in [-0.3, -0.25) is 0 Å². The van der Waals surface area contributed by atoms with Crippen LogP contribution in [0.15, 0.2) is 18.2 Å². The van der Waals surface area contributed by atoms with Crippen molar-refractivity contribution < 1.29 is 8.78 Å². The van der Waals surface area contributed by atoms with Crippen LogP contribution in [0.1, 0.15) is 29.7 Å². The lowest BCUT2D eigenvalue weighted by Crippen LogP contribution is -2.25. The highest BCUT2D eigenvalue weighted by molar-refractivity contribution is 5.32. The molecule has 1 aromatic carbocycles. The van der Waals surface area contributed by atoms with E-state index in [1.165, 1.54) is 0 Å². The normalized spacial score (nSPS) is 13.2. The highest BCUT2D eigenvalue weighted by Crippen LogP contribution is 2.18. The van der Waals surface area contributed by atoms with E-state index in [0.29, 0.717) is 0 Å². The van der Waals surface area contributed by atoms with Gasteiger partial charge in [0.15, 0.2) is 0 Å². The maximum Gasteiger partial charge on any atom is 0.250 e. The van der Waals surface area contributed by atoms with E-state index in [0.717, 1.165) is 16.7 Å². The molecule has 0 saturated carbocycles. The zero-order valence-corrected chi connectivity index (χ0v) is 9.35. The number of alkyl halides is 2. The number of aryl methyl sites for hydroxylation is 2. The van der Waals surface area contributed by atoms with Crippen LogP contribution in [0.4, 0.5) is 8.78 Å². The summed E-state index contributed by atoms with van der Waals surface area (Å²) in [5, 5.41) is 2.82. The summed E-state index contributed by atoms with van der Waals surface area (Å²) in [4.78, 5) is 0. The standard InChI is InChI=1S/C12H17F2N/c1-8-4-5-9(2)11(6-8)10(3)15-7-12(13)14/h4-6,10,12,15H,7H2,1-3H3. The van der Waals surface area contributed by atoms with Gasteiger partial charge in [-0.05, 0) is 31.9 Å². The number of hydrogen-bond donors (Lipinski definition) is 1. The maximum absolute atomic E-state index is 12.0. The Bertz CT molecular complexity index is 323. The summed E-state index contributed by atoms with van der Waals surface area (Å²) in [5.74, 6) is 0. The summed E-state index contributed by atoms with van der Waals surface area (Å²) in [6.07, 6.45) is -2.29. The Morgan fingerprint density at radius 3 is 2.53 bits per heavy atom. The minimum absolute atomic E-state index is 0.0288. The predicted molar refractivity (Wildman–Crippen MR) is 58.3 cm³/mol. The Kier molecular flexibility index (Phi) is 4.21. The summed E-state index contributed by atoms with van der Waals surface area (Å²) < 4.78 is 24.1. The molecule has 1 N–H and O–H groups in total.